The summed E-state index contributed by atoms with van der Waals surface area (Å²) in [7, 11) is 0. The Morgan fingerprint density at radius 1 is 1.00 bits per heavy atom. The molecule has 0 aliphatic rings. The van der Waals surface area contributed by atoms with Crippen molar-refractivity contribution in [2.45, 2.75) is 20.4 Å². The van der Waals surface area contributed by atoms with Crippen LogP contribution in [0.15, 0.2) is 66.9 Å². The summed E-state index contributed by atoms with van der Waals surface area (Å²) in [5.41, 5.74) is 4.03. The van der Waals surface area contributed by atoms with Gasteiger partial charge in [-0.1, -0.05) is 48.5 Å². The first-order valence-corrected chi connectivity index (χ1v) is 8.86. The van der Waals surface area contributed by atoms with Crippen molar-refractivity contribution in [2.75, 3.05) is 5.32 Å². The van der Waals surface area contributed by atoms with Gasteiger partial charge in [-0.15, -0.1) is 0 Å². The van der Waals surface area contributed by atoms with E-state index in [1.165, 1.54) is 16.3 Å². The van der Waals surface area contributed by atoms with E-state index >= 15 is 0 Å². The van der Waals surface area contributed by atoms with Gasteiger partial charge in [0.05, 0.1) is 23.6 Å². The summed E-state index contributed by atoms with van der Waals surface area (Å²) in [5.74, 6) is -0.230. The van der Waals surface area contributed by atoms with E-state index < -0.39 is 0 Å². The Morgan fingerprint density at radius 3 is 2.59 bits per heavy atom. The molecule has 0 saturated heterocycles. The zero-order valence-electron chi connectivity index (χ0n) is 15.3. The van der Waals surface area contributed by atoms with Crippen LogP contribution in [-0.4, -0.2) is 20.7 Å². The summed E-state index contributed by atoms with van der Waals surface area (Å²) in [6.45, 7) is 4.52. The number of aromatic nitrogens is 3. The number of amides is 1. The number of nitrogens with one attached hydrogen (secondary N) is 1. The fourth-order valence-electron chi connectivity index (χ4n) is 3.30. The van der Waals surface area contributed by atoms with Gasteiger partial charge in [0.15, 0.2) is 0 Å². The van der Waals surface area contributed by atoms with Crippen LogP contribution in [-0.2, 0) is 6.54 Å². The predicted molar refractivity (Wildman–Crippen MR) is 107 cm³/mol. The van der Waals surface area contributed by atoms with E-state index in [-0.39, 0.29) is 5.91 Å². The van der Waals surface area contributed by atoms with Gasteiger partial charge in [-0.2, -0.15) is 5.10 Å². The molecule has 1 amide bonds. The second-order valence-electron chi connectivity index (χ2n) is 6.51. The minimum atomic E-state index is -0.230. The number of fused-ring (bicyclic) bond motifs is 1. The fraction of sp³-hybridized carbons (Fsp3) is 0.136. The maximum Gasteiger partial charge on any atom is 0.274 e. The lowest BCUT2D eigenvalue weighted by atomic mass is 10.0. The zero-order chi connectivity index (χ0) is 18.8. The number of carbonyl (C=O) groups excluding carboxylic acids is 1. The molecular formula is C22H20N4O. The molecule has 0 aliphatic heterocycles. The Morgan fingerprint density at radius 2 is 1.78 bits per heavy atom. The highest BCUT2D eigenvalue weighted by atomic mass is 16.1. The van der Waals surface area contributed by atoms with Gasteiger partial charge in [-0.3, -0.25) is 14.5 Å². The number of hydrogen-bond acceptors (Lipinski definition) is 3. The van der Waals surface area contributed by atoms with Crippen LogP contribution in [0, 0.1) is 13.8 Å². The maximum atomic E-state index is 12.5. The molecule has 0 saturated carbocycles. The molecular weight excluding hydrogens is 336 g/mol. The normalized spacial score (nSPS) is 10.9. The molecule has 0 unspecified atom stereocenters. The van der Waals surface area contributed by atoms with Crippen LogP contribution >= 0.6 is 0 Å². The Bertz CT molecular complexity index is 1110. The molecule has 5 heteroatoms. The number of carbonyl (C=O) groups is 1. The third-order valence-corrected chi connectivity index (χ3v) is 4.72. The monoisotopic (exact) mass is 356 g/mol. The highest BCUT2D eigenvalue weighted by molar-refractivity contribution is 6.03. The first-order valence-electron chi connectivity index (χ1n) is 8.86. The van der Waals surface area contributed by atoms with E-state index in [0.29, 0.717) is 12.2 Å². The van der Waals surface area contributed by atoms with Crippen molar-refractivity contribution in [1.29, 1.82) is 0 Å². The third kappa shape index (κ3) is 3.31. The summed E-state index contributed by atoms with van der Waals surface area (Å²) in [4.78, 5) is 16.6. The summed E-state index contributed by atoms with van der Waals surface area (Å²) in [5, 5.41) is 10.0. The number of anilines is 1. The number of nitrogens with zero attached hydrogens (tertiary/aromatic N) is 3. The highest BCUT2D eigenvalue weighted by Gasteiger charge is 2.16. The molecule has 0 radical (unpaired) electrons. The number of hydrogen-bond donors (Lipinski definition) is 1. The quantitative estimate of drug-likeness (QED) is 0.591. The zero-order valence-corrected chi connectivity index (χ0v) is 15.3. The van der Waals surface area contributed by atoms with E-state index in [9.17, 15) is 4.79 Å². The highest BCUT2D eigenvalue weighted by Crippen LogP contribution is 2.24. The van der Waals surface area contributed by atoms with Crippen LogP contribution in [0.4, 0.5) is 5.69 Å². The number of aryl methyl sites for hydroxylation is 1. The molecule has 5 nitrogen and oxygen atoms in total. The van der Waals surface area contributed by atoms with Crippen molar-refractivity contribution in [2.24, 2.45) is 0 Å². The van der Waals surface area contributed by atoms with Gasteiger partial charge in [-0.25, -0.2) is 0 Å². The molecule has 2 heterocycles. The van der Waals surface area contributed by atoms with E-state index in [0.717, 1.165) is 17.1 Å². The molecule has 0 fully saturated rings. The van der Waals surface area contributed by atoms with Gasteiger partial charge in [0, 0.05) is 6.20 Å². The molecule has 4 rings (SSSR count). The van der Waals surface area contributed by atoms with E-state index in [1.54, 1.807) is 24.4 Å². The SMILES string of the molecule is Cc1nn(Cc2cccc3ccccc23)c(C)c1NC(=O)c1ccccn1. The average Bonchev–Trinajstić information content (AvgIpc) is 2.96. The van der Waals surface area contributed by atoms with Crippen molar-refractivity contribution < 1.29 is 4.79 Å². The van der Waals surface area contributed by atoms with Crippen molar-refractivity contribution in [3.8, 4) is 0 Å². The van der Waals surface area contributed by atoms with Gasteiger partial charge in [-0.05, 0) is 42.3 Å². The number of rotatable bonds is 4. The van der Waals surface area contributed by atoms with Crippen LogP contribution in [0.5, 0.6) is 0 Å². The van der Waals surface area contributed by atoms with Gasteiger partial charge < -0.3 is 5.32 Å². The molecule has 0 bridgehead atoms. The molecule has 2 aromatic heterocycles. The first kappa shape index (κ1) is 17.0. The molecule has 134 valence electrons. The van der Waals surface area contributed by atoms with Gasteiger partial charge in [0.1, 0.15) is 5.69 Å². The van der Waals surface area contributed by atoms with Crippen molar-refractivity contribution >= 4 is 22.4 Å². The Hall–Kier alpha value is -3.47. The van der Waals surface area contributed by atoms with E-state index in [4.69, 9.17) is 0 Å². The van der Waals surface area contributed by atoms with E-state index in [1.807, 2.05) is 30.7 Å². The first-order chi connectivity index (χ1) is 13.1. The Labute approximate surface area is 157 Å². The lowest BCUT2D eigenvalue weighted by Gasteiger charge is -2.09. The summed E-state index contributed by atoms with van der Waals surface area (Å²) >= 11 is 0. The molecule has 0 atom stereocenters. The molecule has 2 aromatic carbocycles. The van der Waals surface area contributed by atoms with Crippen LogP contribution in [0.2, 0.25) is 0 Å². The summed E-state index contributed by atoms with van der Waals surface area (Å²) < 4.78 is 1.94. The topological polar surface area (TPSA) is 59.8 Å². The molecule has 1 N–H and O–H groups in total. The van der Waals surface area contributed by atoms with Gasteiger partial charge in [0.25, 0.3) is 5.91 Å². The van der Waals surface area contributed by atoms with Crippen molar-refractivity contribution in [3.05, 3.63) is 89.5 Å². The Balaban J connectivity index is 1.64. The number of benzene rings is 2. The molecule has 27 heavy (non-hydrogen) atoms. The van der Waals surface area contributed by atoms with E-state index in [2.05, 4.69) is 45.7 Å². The lowest BCUT2D eigenvalue weighted by Crippen LogP contribution is -2.14. The minimum Gasteiger partial charge on any atom is -0.317 e. The second-order valence-corrected chi connectivity index (χ2v) is 6.51. The van der Waals surface area contributed by atoms with Gasteiger partial charge in [0.2, 0.25) is 0 Å². The van der Waals surface area contributed by atoms with Crippen LogP contribution < -0.4 is 5.32 Å². The molecule has 4 aromatic rings. The van der Waals surface area contributed by atoms with Gasteiger partial charge >= 0.3 is 0 Å². The van der Waals surface area contributed by atoms with Crippen molar-refractivity contribution in [1.82, 2.24) is 14.8 Å². The summed E-state index contributed by atoms with van der Waals surface area (Å²) in [6.07, 6.45) is 1.61. The molecule has 0 aliphatic carbocycles. The Kier molecular flexibility index (Phi) is 4.42. The van der Waals surface area contributed by atoms with Crippen LogP contribution in [0.25, 0.3) is 10.8 Å². The second kappa shape index (κ2) is 7.03. The third-order valence-electron chi connectivity index (χ3n) is 4.72. The van der Waals surface area contributed by atoms with Crippen LogP contribution in [0.3, 0.4) is 0 Å². The van der Waals surface area contributed by atoms with Crippen LogP contribution in [0.1, 0.15) is 27.4 Å². The number of pyridine rings is 1. The largest absolute Gasteiger partial charge is 0.317 e. The van der Waals surface area contributed by atoms with Crippen molar-refractivity contribution in [3.63, 3.8) is 0 Å². The fourth-order valence-corrected chi connectivity index (χ4v) is 3.30. The molecule has 0 spiro atoms. The maximum absolute atomic E-state index is 12.5. The smallest absolute Gasteiger partial charge is 0.274 e. The minimum absolute atomic E-state index is 0.230. The standard InChI is InChI=1S/C22H20N4O/c1-15-21(24-22(27)20-12-5-6-13-23-20)16(2)26(25-15)14-18-10-7-9-17-8-3-4-11-19(17)18/h3-13H,14H2,1-2H3,(H,24,27). The summed E-state index contributed by atoms with van der Waals surface area (Å²) in [6, 6.07) is 19.9. The predicted octanol–water partition coefficient (Wildman–Crippen LogP) is 4.35. The lowest BCUT2D eigenvalue weighted by molar-refractivity contribution is 0.102. The average molecular weight is 356 g/mol.